The molecule has 1 nitrogen and oxygen atoms in total. The molecular weight excluding hydrogens is 196 g/mol. The normalized spacial score (nSPS) is 16.4. The molecule has 0 unspecified atom stereocenters. The van der Waals surface area contributed by atoms with Gasteiger partial charge in [-0.05, 0) is 37.9 Å². The largest absolute Gasteiger partial charge is 0.314 e. The molecule has 0 bridgehead atoms. The van der Waals surface area contributed by atoms with E-state index in [0.29, 0.717) is 19.0 Å². The zero-order valence-corrected chi connectivity index (χ0v) is 8.60. The molecule has 0 radical (unpaired) electrons. The van der Waals surface area contributed by atoms with Crippen molar-refractivity contribution in [2.24, 2.45) is 0 Å². The van der Waals surface area contributed by atoms with E-state index in [2.05, 4.69) is 5.32 Å². The van der Waals surface area contributed by atoms with Crippen LogP contribution in [0.15, 0.2) is 18.2 Å². The number of halogens is 2. The Balaban J connectivity index is 1.86. The smallest absolute Gasteiger partial charge is 0.129 e. The summed E-state index contributed by atoms with van der Waals surface area (Å²) in [4.78, 5) is 0. The number of rotatable bonds is 4. The summed E-state index contributed by atoms with van der Waals surface area (Å²) in [6.45, 7) is 0.655. The first kappa shape index (κ1) is 10.6. The van der Waals surface area contributed by atoms with Gasteiger partial charge in [0.25, 0.3) is 0 Å². The Labute approximate surface area is 88.5 Å². The maximum atomic E-state index is 13.2. The molecule has 1 N–H and O–H groups in total. The van der Waals surface area contributed by atoms with Crippen LogP contribution in [-0.2, 0) is 6.42 Å². The van der Waals surface area contributed by atoms with Gasteiger partial charge in [-0.2, -0.15) is 0 Å². The topological polar surface area (TPSA) is 12.0 Å². The lowest BCUT2D eigenvalue weighted by Crippen LogP contribution is -2.36. The van der Waals surface area contributed by atoms with E-state index in [0.717, 1.165) is 0 Å². The van der Waals surface area contributed by atoms with Gasteiger partial charge in [-0.25, -0.2) is 8.78 Å². The third-order valence-electron chi connectivity index (χ3n) is 2.97. The van der Waals surface area contributed by atoms with Gasteiger partial charge in [-0.15, -0.1) is 0 Å². The fraction of sp³-hybridized carbons (Fsp3) is 0.500. The summed E-state index contributed by atoms with van der Waals surface area (Å²) in [5.41, 5.74) is 0.198. The predicted octanol–water partition coefficient (Wildman–Crippen LogP) is 2.65. The van der Waals surface area contributed by atoms with Crippen LogP contribution in [0.1, 0.15) is 24.8 Å². The summed E-state index contributed by atoms with van der Waals surface area (Å²) in [6.07, 6.45) is 4.08. The van der Waals surface area contributed by atoms with Crippen LogP contribution in [0, 0.1) is 11.6 Å². The van der Waals surface area contributed by atoms with Crippen LogP contribution < -0.4 is 5.32 Å². The predicted molar refractivity (Wildman–Crippen MR) is 55.7 cm³/mol. The van der Waals surface area contributed by atoms with Crippen LogP contribution in [0.2, 0.25) is 0 Å². The van der Waals surface area contributed by atoms with Crippen molar-refractivity contribution >= 4 is 0 Å². The fourth-order valence-corrected chi connectivity index (χ4v) is 1.78. The minimum atomic E-state index is -0.439. The molecule has 1 aliphatic carbocycles. The average molecular weight is 211 g/mol. The Morgan fingerprint density at radius 2 is 1.87 bits per heavy atom. The van der Waals surface area contributed by atoms with E-state index < -0.39 is 11.6 Å². The number of nitrogens with one attached hydrogen (secondary N) is 1. The van der Waals surface area contributed by atoms with E-state index in [1.807, 2.05) is 0 Å². The van der Waals surface area contributed by atoms with Crippen molar-refractivity contribution in [3.8, 4) is 0 Å². The summed E-state index contributed by atoms with van der Waals surface area (Å²) in [5, 5.41) is 3.29. The van der Waals surface area contributed by atoms with Gasteiger partial charge in [0.15, 0.2) is 0 Å². The maximum absolute atomic E-state index is 13.2. The molecular formula is C12H15F2N. The van der Waals surface area contributed by atoms with E-state index in [1.165, 1.54) is 37.5 Å². The minimum absolute atomic E-state index is 0.198. The second kappa shape index (κ2) is 4.71. The molecule has 3 heteroatoms. The lowest BCUT2D eigenvalue weighted by molar-refractivity contribution is 0.340. The van der Waals surface area contributed by atoms with E-state index in [-0.39, 0.29) is 5.56 Å². The molecule has 82 valence electrons. The molecule has 0 spiro atoms. The first-order valence-corrected chi connectivity index (χ1v) is 5.43. The van der Waals surface area contributed by atoms with E-state index >= 15 is 0 Å². The Morgan fingerprint density at radius 1 is 1.20 bits per heavy atom. The molecule has 0 aromatic heterocycles. The highest BCUT2D eigenvalue weighted by atomic mass is 19.1. The number of hydrogen-bond donors (Lipinski definition) is 1. The van der Waals surface area contributed by atoms with Crippen LogP contribution in [0.5, 0.6) is 0 Å². The van der Waals surface area contributed by atoms with Gasteiger partial charge >= 0.3 is 0 Å². The highest BCUT2D eigenvalue weighted by Gasteiger charge is 2.16. The third kappa shape index (κ3) is 2.53. The van der Waals surface area contributed by atoms with Crippen LogP contribution in [0.25, 0.3) is 0 Å². The zero-order valence-electron chi connectivity index (χ0n) is 8.60. The number of hydrogen-bond acceptors (Lipinski definition) is 1. The molecule has 0 atom stereocenters. The highest BCUT2D eigenvalue weighted by molar-refractivity contribution is 5.19. The van der Waals surface area contributed by atoms with Crippen LogP contribution in [0.4, 0.5) is 8.78 Å². The minimum Gasteiger partial charge on any atom is -0.314 e. The van der Waals surface area contributed by atoms with Gasteiger partial charge in [0.2, 0.25) is 0 Å². The van der Waals surface area contributed by atoms with Gasteiger partial charge in [0, 0.05) is 11.6 Å². The summed E-state index contributed by atoms with van der Waals surface area (Å²) in [7, 11) is 0. The molecule has 15 heavy (non-hydrogen) atoms. The molecule has 0 aliphatic heterocycles. The van der Waals surface area contributed by atoms with Crippen LogP contribution in [0.3, 0.4) is 0 Å². The Morgan fingerprint density at radius 3 is 2.40 bits per heavy atom. The zero-order chi connectivity index (χ0) is 10.7. The van der Waals surface area contributed by atoms with Crippen molar-refractivity contribution in [1.29, 1.82) is 0 Å². The van der Waals surface area contributed by atoms with Crippen molar-refractivity contribution in [2.45, 2.75) is 31.7 Å². The van der Waals surface area contributed by atoms with Crippen molar-refractivity contribution < 1.29 is 8.78 Å². The summed E-state index contributed by atoms with van der Waals surface area (Å²) in [6, 6.07) is 4.58. The quantitative estimate of drug-likeness (QED) is 0.807. The van der Waals surface area contributed by atoms with Crippen LogP contribution in [-0.4, -0.2) is 12.6 Å². The molecule has 2 rings (SSSR count). The monoisotopic (exact) mass is 211 g/mol. The Bertz CT molecular complexity index is 314. The molecule has 0 heterocycles. The van der Waals surface area contributed by atoms with Gasteiger partial charge in [0.1, 0.15) is 11.6 Å². The molecule has 0 saturated heterocycles. The van der Waals surface area contributed by atoms with Crippen LogP contribution >= 0.6 is 0 Å². The van der Waals surface area contributed by atoms with Crippen molar-refractivity contribution in [1.82, 2.24) is 5.32 Å². The second-order valence-corrected chi connectivity index (χ2v) is 4.03. The van der Waals surface area contributed by atoms with Crippen molar-refractivity contribution in [3.63, 3.8) is 0 Å². The van der Waals surface area contributed by atoms with E-state index in [9.17, 15) is 8.78 Å². The van der Waals surface area contributed by atoms with Gasteiger partial charge in [-0.3, -0.25) is 0 Å². The first-order chi connectivity index (χ1) is 7.27. The van der Waals surface area contributed by atoms with E-state index in [1.54, 1.807) is 0 Å². The molecule has 1 fully saturated rings. The standard InChI is InChI=1S/C12H15F2N/c13-11-5-2-6-12(14)10(11)7-8-15-9-3-1-4-9/h2,5-6,9,15H,1,3-4,7-8H2. The molecule has 1 aliphatic rings. The Hall–Kier alpha value is -0.960. The maximum Gasteiger partial charge on any atom is 0.129 e. The fourth-order valence-electron chi connectivity index (χ4n) is 1.78. The number of benzene rings is 1. The van der Waals surface area contributed by atoms with Gasteiger partial charge in [0.05, 0.1) is 0 Å². The molecule has 0 amide bonds. The summed E-state index contributed by atoms with van der Waals surface area (Å²) in [5.74, 6) is -0.879. The lowest BCUT2D eigenvalue weighted by atomic mass is 9.93. The molecule has 1 aromatic carbocycles. The average Bonchev–Trinajstić information content (AvgIpc) is 2.13. The van der Waals surface area contributed by atoms with Crippen molar-refractivity contribution in [2.75, 3.05) is 6.54 Å². The third-order valence-corrected chi connectivity index (χ3v) is 2.97. The summed E-state index contributed by atoms with van der Waals surface area (Å²) >= 11 is 0. The first-order valence-electron chi connectivity index (χ1n) is 5.43. The molecule has 1 aromatic rings. The van der Waals surface area contributed by atoms with Gasteiger partial charge in [-0.1, -0.05) is 12.5 Å². The molecule has 1 saturated carbocycles. The lowest BCUT2D eigenvalue weighted by Gasteiger charge is -2.26. The second-order valence-electron chi connectivity index (χ2n) is 4.03. The Kier molecular flexibility index (Phi) is 3.31. The van der Waals surface area contributed by atoms with Gasteiger partial charge < -0.3 is 5.32 Å². The summed E-state index contributed by atoms with van der Waals surface area (Å²) < 4.78 is 26.4. The van der Waals surface area contributed by atoms with E-state index in [4.69, 9.17) is 0 Å². The van der Waals surface area contributed by atoms with Crippen molar-refractivity contribution in [3.05, 3.63) is 35.4 Å². The SMILES string of the molecule is Fc1cccc(F)c1CCNC1CCC1. The highest BCUT2D eigenvalue weighted by Crippen LogP contribution is 2.18.